The molecule has 1 unspecified atom stereocenters. The molecule has 0 spiro atoms. The lowest BCUT2D eigenvalue weighted by atomic mass is 10.1. The summed E-state index contributed by atoms with van der Waals surface area (Å²) < 4.78 is 0. The molecule has 1 nitrogen and oxygen atoms in total. The molecule has 0 amide bonds. The second-order valence-corrected chi connectivity index (χ2v) is 2.94. The maximum Gasteiger partial charge on any atom is 0.0256 e. The molecule has 0 heterocycles. The highest BCUT2D eigenvalue weighted by atomic mass is 14.6. The van der Waals surface area contributed by atoms with Crippen molar-refractivity contribution >= 4 is 0 Å². The maximum absolute atomic E-state index is 5.65. The van der Waals surface area contributed by atoms with E-state index in [2.05, 4.69) is 26.5 Å². The highest BCUT2D eigenvalue weighted by Crippen LogP contribution is 2.05. The zero-order valence-electron chi connectivity index (χ0n) is 7.64. The van der Waals surface area contributed by atoms with E-state index in [-0.39, 0.29) is 6.04 Å². The molecule has 2 N–H and O–H groups in total. The minimum absolute atomic E-state index is 0.127. The molecule has 0 bridgehead atoms. The van der Waals surface area contributed by atoms with Crippen molar-refractivity contribution in [3.63, 3.8) is 0 Å². The summed E-state index contributed by atoms with van der Waals surface area (Å²) in [5, 5.41) is 0. The van der Waals surface area contributed by atoms with Crippen LogP contribution in [0.4, 0.5) is 0 Å². The second-order valence-electron chi connectivity index (χ2n) is 2.94. The Bertz CT molecular complexity index is 136. The van der Waals surface area contributed by atoms with E-state index >= 15 is 0 Å². The van der Waals surface area contributed by atoms with Crippen molar-refractivity contribution in [1.82, 2.24) is 0 Å². The molecule has 0 aromatic rings. The molecule has 0 aromatic heterocycles. The quantitative estimate of drug-likeness (QED) is 0.604. The van der Waals surface area contributed by atoms with Crippen LogP contribution < -0.4 is 5.73 Å². The number of rotatable bonds is 5. The van der Waals surface area contributed by atoms with Gasteiger partial charge in [-0.05, 0) is 19.8 Å². The summed E-state index contributed by atoms with van der Waals surface area (Å²) in [5.41, 5.74) is 7.09. The van der Waals surface area contributed by atoms with E-state index in [1.807, 2.05) is 0 Å². The van der Waals surface area contributed by atoms with Crippen LogP contribution in [0.2, 0.25) is 0 Å². The predicted molar refractivity (Wildman–Crippen MR) is 51.5 cm³/mol. The van der Waals surface area contributed by atoms with E-state index in [0.29, 0.717) is 0 Å². The first kappa shape index (κ1) is 10.4. The molecular formula is C10H19N. The Morgan fingerprint density at radius 1 is 1.64 bits per heavy atom. The predicted octanol–water partition coefficient (Wildman–Crippen LogP) is 2.64. The first-order valence-corrected chi connectivity index (χ1v) is 4.24. The molecule has 1 atom stereocenters. The van der Waals surface area contributed by atoms with E-state index in [1.165, 1.54) is 18.4 Å². The molecule has 0 radical (unpaired) electrons. The smallest absolute Gasteiger partial charge is 0.0256 e. The zero-order chi connectivity index (χ0) is 8.69. The normalized spacial score (nSPS) is 14.6. The number of nitrogens with two attached hydrogens (primary N) is 1. The number of hydrogen-bond donors (Lipinski definition) is 1. The molecule has 0 aliphatic heterocycles. The van der Waals surface area contributed by atoms with Gasteiger partial charge in [-0.1, -0.05) is 31.1 Å². The molecular weight excluding hydrogens is 134 g/mol. The van der Waals surface area contributed by atoms with E-state index in [1.54, 1.807) is 6.08 Å². The maximum atomic E-state index is 5.65. The number of hydrogen-bond acceptors (Lipinski definition) is 1. The molecule has 0 saturated carbocycles. The van der Waals surface area contributed by atoms with Crippen LogP contribution >= 0.6 is 0 Å². The summed E-state index contributed by atoms with van der Waals surface area (Å²) in [4.78, 5) is 0. The minimum atomic E-state index is 0.127. The Balaban J connectivity index is 3.62. The molecule has 0 rings (SSSR count). The molecule has 0 aliphatic carbocycles. The van der Waals surface area contributed by atoms with Crippen LogP contribution in [0.25, 0.3) is 0 Å². The van der Waals surface area contributed by atoms with Crippen molar-refractivity contribution in [3.8, 4) is 0 Å². The van der Waals surface area contributed by atoms with Crippen LogP contribution in [0, 0.1) is 0 Å². The third kappa shape index (κ3) is 5.86. The Kier molecular flexibility index (Phi) is 5.86. The molecule has 0 fully saturated rings. The van der Waals surface area contributed by atoms with E-state index in [4.69, 9.17) is 5.73 Å². The van der Waals surface area contributed by atoms with Gasteiger partial charge in [-0.15, -0.1) is 6.58 Å². The summed E-state index contributed by atoms with van der Waals surface area (Å²) in [7, 11) is 0. The molecule has 0 saturated heterocycles. The first-order valence-electron chi connectivity index (χ1n) is 4.24. The molecule has 11 heavy (non-hydrogen) atoms. The third-order valence-electron chi connectivity index (χ3n) is 1.69. The summed E-state index contributed by atoms with van der Waals surface area (Å²) in [6.07, 6.45) is 7.32. The largest absolute Gasteiger partial charge is 0.324 e. The van der Waals surface area contributed by atoms with Gasteiger partial charge < -0.3 is 5.73 Å². The topological polar surface area (TPSA) is 26.0 Å². The lowest BCUT2D eigenvalue weighted by Gasteiger charge is -2.02. The van der Waals surface area contributed by atoms with E-state index < -0.39 is 0 Å². The fourth-order valence-corrected chi connectivity index (χ4v) is 0.930. The number of allylic oxidation sites excluding steroid dienone is 1. The van der Waals surface area contributed by atoms with Gasteiger partial charge in [0.1, 0.15) is 0 Å². The van der Waals surface area contributed by atoms with Gasteiger partial charge in [0, 0.05) is 6.04 Å². The monoisotopic (exact) mass is 153 g/mol. The van der Waals surface area contributed by atoms with Crippen molar-refractivity contribution < 1.29 is 0 Å². The van der Waals surface area contributed by atoms with Crippen LogP contribution in [0.15, 0.2) is 24.3 Å². The van der Waals surface area contributed by atoms with Gasteiger partial charge in [-0.2, -0.15) is 0 Å². The van der Waals surface area contributed by atoms with Crippen LogP contribution in [0.1, 0.15) is 33.1 Å². The highest BCUT2D eigenvalue weighted by Gasteiger charge is 1.92. The van der Waals surface area contributed by atoms with Crippen LogP contribution in [0.5, 0.6) is 0 Å². The average molecular weight is 153 g/mol. The minimum Gasteiger partial charge on any atom is -0.324 e. The summed E-state index contributed by atoms with van der Waals surface area (Å²) in [6.45, 7) is 7.97. The van der Waals surface area contributed by atoms with Gasteiger partial charge in [-0.3, -0.25) is 0 Å². The van der Waals surface area contributed by atoms with Gasteiger partial charge in [0.15, 0.2) is 0 Å². The van der Waals surface area contributed by atoms with E-state index in [9.17, 15) is 0 Å². The molecule has 64 valence electrons. The Hall–Kier alpha value is -0.560. The van der Waals surface area contributed by atoms with Gasteiger partial charge in [0.05, 0.1) is 0 Å². The first-order chi connectivity index (χ1) is 5.20. The fourth-order valence-electron chi connectivity index (χ4n) is 0.930. The fraction of sp³-hybridized carbons (Fsp3) is 0.600. The summed E-state index contributed by atoms with van der Waals surface area (Å²) in [5.74, 6) is 0. The summed E-state index contributed by atoms with van der Waals surface area (Å²) in [6, 6.07) is 0.127. The zero-order valence-corrected chi connectivity index (χ0v) is 7.64. The lowest BCUT2D eigenvalue weighted by Crippen LogP contribution is -2.14. The van der Waals surface area contributed by atoms with Crippen molar-refractivity contribution in [2.24, 2.45) is 5.73 Å². The van der Waals surface area contributed by atoms with Crippen molar-refractivity contribution in [3.05, 3.63) is 24.3 Å². The molecule has 0 aromatic carbocycles. The third-order valence-corrected chi connectivity index (χ3v) is 1.69. The Labute approximate surface area is 70.0 Å². The SMILES string of the molecule is C=CC(N)C/C=C(\C)CCC. The molecule has 0 aliphatic rings. The highest BCUT2D eigenvalue weighted by molar-refractivity contribution is 5.01. The lowest BCUT2D eigenvalue weighted by molar-refractivity contribution is 0.816. The average Bonchev–Trinajstić information content (AvgIpc) is 2.01. The molecule has 1 heteroatoms. The standard InChI is InChI=1S/C10H19N/c1-4-6-9(3)7-8-10(11)5-2/h5,7,10H,2,4,6,8,11H2,1,3H3/b9-7+. The second kappa shape index (κ2) is 6.17. The summed E-state index contributed by atoms with van der Waals surface area (Å²) >= 11 is 0. The Morgan fingerprint density at radius 3 is 2.73 bits per heavy atom. The van der Waals surface area contributed by atoms with Crippen molar-refractivity contribution in [2.75, 3.05) is 0 Å². The van der Waals surface area contributed by atoms with Crippen molar-refractivity contribution in [1.29, 1.82) is 0 Å². The Morgan fingerprint density at radius 2 is 2.27 bits per heavy atom. The van der Waals surface area contributed by atoms with Crippen LogP contribution in [-0.4, -0.2) is 6.04 Å². The van der Waals surface area contributed by atoms with Gasteiger partial charge >= 0.3 is 0 Å². The van der Waals surface area contributed by atoms with Crippen LogP contribution in [-0.2, 0) is 0 Å². The van der Waals surface area contributed by atoms with Gasteiger partial charge in [0.2, 0.25) is 0 Å². The van der Waals surface area contributed by atoms with E-state index in [0.717, 1.165) is 6.42 Å². The van der Waals surface area contributed by atoms with Crippen LogP contribution in [0.3, 0.4) is 0 Å². The van der Waals surface area contributed by atoms with Crippen molar-refractivity contribution in [2.45, 2.75) is 39.2 Å². The van der Waals surface area contributed by atoms with Gasteiger partial charge in [-0.25, -0.2) is 0 Å². The van der Waals surface area contributed by atoms with Gasteiger partial charge in [0.25, 0.3) is 0 Å².